The number of hydrogen-bond acceptors (Lipinski definition) is 1. The van der Waals surface area contributed by atoms with Gasteiger partial charge in [0.1, 0.15) is 0 Å². The SMILES string of the molecule is CCC(CC)([Se]c1ccccc1)C(=O)C(C)C. The van der Waals surface area contributed by atoms with Crippen molar-refractivity contribution >= 4 is 25.2 Å². The Morgan fingerprint density at radius 3 is 2.12 bits per heavy atom. The van der Waals surface area contributed by atoms with Gasteiger partial charge in [-0.3, -0.25) is 0 Å². The Hall–Kier alpha value is -0.591. The van der Waals surface area contributed by atoms with E-state index in [-0.39, 0.29) is 25.2 Å². The van der Waals surface area contributed by atoms with Crippen molar-refractivity contribution in [2.75, 3.05) is 0 Å². The van der Waals surface area contributed by atoms with Crippen LogP contribution in [0.15, 0.2) is 30.3 Å². The molecule has 0 aliphatic heterocycles. The summed E-state index contributed by atoms with van der Waals surface area (Å²) >= 11 is 0.235. The van der Waals surface area contributed by atoms with Gasteiger partial charge in [0.2, 0.25) is 0 Å². The number of carbonyl (C=O) groups is 1. The second kappa shape index (κ2) is 6.37. The first-order chi connectivity index (χ1) is 8.05. The molecule has 0 aromatic heterocycles. The van der Waals surface area contributed by atoms with E-state index in [1.54, 1.807) is 0 Å². The Morgan fingerprint density at radius 2 is 1.71 bits per heavy atom. The standard InChI is InChI=1S/C15H22OSe/c1-5-15(6-2,14(16)12(3)4)17-13-10-8-7-9-11-13/h7-12H,5-6H2,1-4H3. The van der Waals surface area contributed by atoms with Crippen LogP contribution in [0.4, 0.5) is 0 Å². The first-order valence-corrected chi connectivity index (χ1v) is 8.05. The number of carbonyl (C=O) groups excluding carboxylic acids is 1. The van der Waals surface area contributed by atoms with E-state index in [0.717, 1.165) is 12.8 Å². The Morgan fingerprint density at radius 1 is 1.18 bits per heavy atom. The van der Waals surface area contributed by atoms with E-state index in [1.165, 1.54) is 4.46 Å². The summed E-state index contributed by atoms with van der Waals surface area (Å²) < 4.78 is 1.22. The third kappa shape index (κ3) is 3.43. The van der Waals surface area contributed by atoms with Gasteiger partial charge in [-0.25, -0.2) is 0 Å². The van der Waals surface area contributed by atoms with Crippen LogP contribution in [0.3, 0.4) is 0 Å². The van der Waals surface area contributed by atoms with Gasteiger partial charge in [-0.05, 0) is 0 Å². The first-order valence-electron chi connectivity index (χ1n) is 6.34. The average Bonchev–Trinajstić information content (AvgIpc) is 2.36. The van der Waals surface area contributed by atoms with E-state index in [9.17, 15) is 4.79 Å². The Kier molecular flexibility index (Phi) is 5.42. The van der Waals surface area contributed by atoms with Gasteiger partial charge in [-0.15, -0.1) is 0 Å². The minimum atomic E-state index is -0.109. The molecule has 1 nitrogen and oxygen atoms in total. The molecule has 1 aromatic carbocycles. The summed E-state index contributed by atoms with van der Waals surface area (Å²) in [5, 5.41) is 0. The molecular formula is C15H22OSe. The molecule has 0 saturated carbocycles. The van der Waals surface area contributed by atoms with E-state index in [1.807, 2.05) is 19.9 Å². The molecule has 0 atom stereocenters. The Bertz CT molecular complexity index is 352. The monoisotopic (exact) mass is 298 g/mol. The molecule has 0 unspecified atom stereocenters. The van der Waals surface area contributed by atoms with Crippen molar-refractivity contribution in [3.63, 3.8) is 0 Å². The molecule has 0 saturated heterocycles. The molecule has 0 bridgehead atoms. The van der Waals surface area contributed by atoms with Crippen LogP contribution in [0.25, 0.3) is 0 Å². The van der Waals surface area contributed by atoms with Crippen molar-refractivity contribution in [1.29, 1.82) is 0 Å². The molecule has 0 aliphatic carbocycles. The maximum atomic E-state index is 12.4. The van der Waals surface area contributed by atoms with E-state index in [0.29, 0.717) is 5.78 Å². The topological polar surface area (TPSA) is 17.1 Å². The molecule has 0 spiro atoms. The predicted molar refractivity (Wildman–Crippen MR) is 75.0 cm³/mol. The summed E-state index contributed by atoms with van der Waals surface area (Å²) in [5.74, 6) is 0.576. The van der Waals surface area contributed by atoms with E-state index >= 15 is 0 Å². The molecule has 2 heteroatoms. The Labute approximate surface area is 111 Å². The van der Waals surface area contributed by atoms with Crippen LogP contribution in [0.2, 0.25) is 4.31 Å². The van der Waals surface area contributed by atoms with Crippen LogP contribution >= 0.6 is 0 Å². The van der Waals surface area contributed by atoms with Crippen LogP contribution in [0, 0.1) is 5.92 Å². The normalized spacial score (nSPS) is 11.8. The second-order valence-corrected chi connectivity index (χ2v) is 7.69. The number of ketones is 1. The zero-order valence-corrected chi connectivity index (χ0v) is 12.9. The fourth-order valence-electron chi connectivity index (χ4n) is 2.03. The summed E-state index contributed by atoms with van der Waals surface area (Å²) in [4.78, 5) is 12.4. The molecule has 0 fully saturated rings. The molecule has 1 rings (SSSR count). The third-order valence-corrected chi connectivity index (χ3v) is 6.69. The van der Waals surface area contributed by atoms with E-state index in [4.69, 9.17) is 0 Å². The molecule has 0 amide bonds. The average molecular weight is 297 g/mol. The zero-order chi connectivity index (χ0) is 12.9. The number of benzene rings is 1. The maximum absolute atomic E-state index is 12.4. The van der Waals surface area contributed by atoms with Gasteiger partial charge in [0.15, 0.2) is 0 Å². The second-order valence-electron chi connectivity index (χ2n) is 4.64. The van der Waals surface area contributed by atoms with Gasteiger partial charge < -0.3 is 0 Å². The van der Waals surface area contributed by atoms with Crippen molar-refractivity contribution in [3.8, 4) is 0 Å². The van der Waals surface area contributed by atoms with Crippen LogP contribution in [-0.4, -0.2) is 20.7 Å². The van der Waals surface area contributed by atoms with Crippen molar-refractivity contribution in [2.24, 2.45) is 5.92 Å². The van der Waals surface area contributed by atoms with Crippen LogP contribution in [-0.2, 0) is 4.79 Å². The van der Waals surface area contributed by atoms with E-state index in [2.05, 4.69) is 38.1 Å². The van der Waals surface area contributed by atoms with Crippen LogP contribution in [0.5, 0.6) is 0 Å². The summed E-state index contributed by atoms with van der Waals surface area (Å²) in [6.45, 7) is 8.33. The molecule has 1 aromatic rings. The minimum absolute atomic E-state index is 0.109. The molecule has 17 heavy (non-hydrogen) atoms. The Balaban J connectivity index is 2.97. The van der Waals surface area contributed by atoms with Gasteiger partial charge in [0.05, 0.1) is 0 Å². The summed E-state index contributed by atoms with van der Waals surface area (Å²) in [5.41, 5.74) is 0. The van der Waals surface area contributed by atoms with Gasteiger partial charge >= 0.3 is 111 Å². The third-order valence-electron chi connectivity index (χ3n) is 3.17. The molecule has 0 radical (unpaired) electrons. The van der Waals surface area contributed by atoms with Crippen LogP contribution < -0.4 is 4.46 Å². The fourth-order valence-corrected chi connectivity index (χ4v) is 4.91. The molecular weight excluding hydrogens is 275 g/mol. The number of rotatable bonds is 6. The number of hydrogen-bond donors (Lipinski definition) is 0. The number of Topliss-reactive ketones (excluding diaryl/α,β-unsaturated/α-hetero) is 1. The van der Waals surface area contributed by atoms with Gasteiger partial charge in [-0.1, -0.05) is 0 Å². The molecule has 0 heterocycles. The quantitative estimate of drug-likeness (QED) is 0.737. The van der Waals surface area contributed by atoms with Crippen LogP contribution in [0.1, 0.15) is 40.5 Å². The van der Waals surface area contributed by atoms with Crippen molar-refractivity contribution in [1.82, 2.24) is 0 Å². The zero-order valence-electron chi connectivity index (χ0n) is 11.2. The summed E-state index contributed by atoms with van der Waals surface area (Å²) in [6.07, 6.45) is 1.91. The van der Waals surface area contributed by atoms with Crippen molar-refractivity contribution in [3.05, 3.63) is 30.3 Å². The molecule has 0 aliphatic rings. The predicted octanol–water partition coefficient (Wildman–Crippen LogP) is 3.22. The van der Waals surface area contributed by atoms with Crippen molar-refractivity contribution < 1.29 is 4.79 Å². The summed E-state index contributed by atoms with van der Waals surface area (Å²) in [6, 6.07) is 10.4. The molecule has 94 valence electrons. The first kappa shape index (κ1) is 14.5. The van der Waals surface area contributed by atoms with Gasteiger partial charge in [0.25, 0.3) is 0 Å². The van der Waals surface area contributed by atoms with Gasteiger partial charge in [0, 0.05) is 0 Å². The van der Waals surface area contributed by atoms with E-state index < -0.39 is 0 Å². The molecule has 0 N–H and O–H groups in total. The fraction of sp³-hybridized carbons (Fsp3) is 0.533. The van der Waals surface area contributed by atoms with Crippen molar-refractivity contribution in [2.45, 2.75) is 44.9 Å². The summed E-state index contributed by atoms with van der Waals surface area (Å²) in [7, 11) is 0. The van der Waals surface area contributed by atoms with Gasteiger partial charge in [-0.2, -0.15) is 0 Å².